The van der Waals surface area contributed by atoms with E-state index < -0.39 is 17.8 Å². The van der Waals surface area contributed by atoms with Crippen molar-refractivity contribution in [2.45, 2.75) is 38.0 Å². The molecule has 1 N–H and O–H groups in total. The molecule has 1 aliphatic rings. The zero-order valence-electron chi connectivity index (χ0n) is 9.37. The SMILES string of the molecule is OC(CCC1CC1)c1cccc(C(F)(F)F)c1. The summed E-state index contributed by atoms with van der Waals surface area (Å²) >= 11 is 0. The van der Waals surface area contributed by atoms with Crippen LogP contribution < -0.4 is 0 Å². The average molecular weight is 244 g/mol. The third kappa shape index (κ3) is 3.46. The third-order valence-corrected chi connectivity index (χ3v) is 3.14. The molecule has 0 spiro atoms. The molecule has 0 aliphatic heterocycles. The predicted octanol–water partition coefficient (Wildman–Crippen LogP) is 3.93. The van der Waals surface area contributed by atoms with E-state index in [1.54, 1.807) is 6.07 Å². The van der Waals surface area contributed by atoms with E-state index in [-0.39, 0.29) is 0 Å². The Labute approximate surface area is 98.3 Å². The van der Waals surface area contributed by atoms with Crippen molar-refractivity contribution in [3.63, 3.8) is 0 Å². The van der Waals surface area contributed by atoms with Crippen LogP contribution in [0.5, 0.6) is 0 Å². The molecule has 1 aliphatic carbocycles. The maximum atomic E-state index is 12.5. The molecule has 1 atom stereocenters. The summed E-state index contributed by atoms with van der Waals surface area (Å²) in [6, 6.07) is 4.96. The van der Waals surface area contributed by atoms with E-state index in [1.807, 2.05) is 0 Å². The lowest BCUT2D eigenvalue weighted by atomic mass is 10.0. The smallest absolute Gasteiger partial charge is 0.388 e. The van der Waals surface area contributed by atoms with E-state index >= 15 is 0 Å². The first kappa shape index (κ1) is 12.4. The number of aliphatic hydroxyl groups excluding tert-OH is 1. The van der Waals surface area contributed by atoms with Crippen LogP contribution in [0.3, 0.4) is 0 Å². The largest absolute Gasteiger partial charge is 0.416 e. The molecule has 94 valence electrons. The summed E-state index contributed by atoms with van der Waals surface area (Å²) in [5.74, 6) is 0.676. The molecule has 0 heterocycles. The van der Waals surface area contributed by atoms with Crippen molar-refractivity contribution in [2.75, 3.05) is 0 Å². The Hall–Kier alpha value is -1.03. The molecule has 0 saturated heterocycles. The normalized spacial score (nSPS) is 18.1. The molecule has 1 unspecified atom stereocenters. The van der Waals surface area contributed by atoms with Crippen LogP contribution in [0.4, 0.5) is 13.2 Å². The highest BCUT2D eigenvalue weighted by Crippen LogP contribution is 2.36. The predicted molar refractivity (Wildman–Crippen MR) is 58.4 cm³/mol. The number of hydrogen-bond donors (Lipinski definition) is 1. The van der Waals surface area contributed by atoms with Crippen LogP contribution in [-0.2, 0) is 6.18 Å². The fourth-order valence-electron chi connectivity index (χ4n) is 1.89. The summed E-state index contributed by atoms with van der Waals surface area (Å²) in [7, 11) is 0. The highest BCUT2D eigenvalue weighted by Gasteiger charge is 2.31. The summed E-state index contributed by atoms with van der Waals surface area (Å²) in [5, 5.41) is 9.82. The second-order valence-electron chi connectivity index (χ2n) is 4.66. The maximum absolute atomic E-state index is 12.5. The molecule has 1 nitrogen and oxygen atoms in total. The van der Waals surface area contributed by atoms with E-state index in [2.05, 4.69) is 0 Å². The van der Waals surface area contributed by atoms with Crippen molar-refractivity contribution >= 4 is 0 Å². The van der Waals surface area contributed by atoms with E-state index in [9.17, 15) is 18.3 Å². The molecule has 0 amide bonds. The van der Waals surface area contributed by atoms with Crippen molar-refractivity contribution in [1.29, 1.82) is 0 Å². The highest BCUT2D eigenvalue weighted by atomic mass is 19.4. The molecule has 1 saturated carbocycles. The van der Waals surface area contributed by atoms with E-state index in [0.29, 0.717) is 17.9 Å². The average Bonchev–Trinajstić information content (AvgIpc) is 3.09. The lowest BCUT2D eigenvalue weighted by Gasteiger charge is -2.13. The molecule has 0 aromatic heterocycles. The van der Waals surface area contributed by atoms with Gasteiger partial charge in [0.25, 0.3) is 0 Å². The Morgan fingerprint density at radius 1 is 1.29 bits per heavy atom. The Balaban J connectivity index is 2.03. The molecule has 2 rings (SSSR count). The zero-order chi connectivity index (χ0) is 12.5. The van der Waals surface area contributed by atoms with Gasteiger partial charge in [-0.05, 0) is 36.5 Å². The van der Waals surface area contributed by atoms with Gasteiger partial charge in [-0.15, -0.1) is 0 Å². The van der Waals surface area contributed by atoms with Gasteiger partial charge in [-0.2, -0.15) is 13.2 Å². The Bertz CT molecular complexity index is 382. The Morgan fingerprint density at radius 3 is 2.59 bits per heavy atom. The summed E-state index contributed by atoms with van der Waals surface area (Å²) in [4.78, 5) is 0. The fourth-order valence-corrected chi connectivity index (χ4v) is 1.89. The first-order valence-corrected chi connectivity index (χ1v) is 5.82. The van der Waals surface area contributed by atoms with Gasteiger partial charge in [-0.25, -0.2) is 0 Å². The van der Waals surface area contributed by atoms with Gasteiger partial charge in [0.15, 0.2) is 0 Å². The van der Waals surface area contributed by atoms with Crippen molar-refractivity contribution in [1.82, 2.24) is 0 Å². The third-order valence-electron chi connectivity index (χ3n) is 3.14. The maximum Gasteiger partial charge on any atom is 0.416 e. The van der Waals surface area contributed by atoms with Gasteiger partial charge in [0, 0.05) is 0 Å². The van der Waals surface area contributed by atoms with Crippen molar-refractivity contribution in [3.05, 3.63) is 35.4 Å². The quantitative estimate of drug-likeness (QED) is 0.850. The number of benzene rings is 1. The summed E-state index contributed by atoms with van der Waals surface area (Å²) in [6.45, 7) is 0. The molecular formula is C13H15F3O. The molecule has 1 fully saturated rings. The van der Waals surface area contributed by atoms with Gasteiger partial charge in [-0.3, -0.25) is 0 Å². The molecular weight excluding hydrogens is 229 g/mol. The lowest BCUT2D eigenvalue weighted by Crippen LogP contribution is -2.07. The Morgan fingerprint density at radius 2 is 2.00 bits per heavy atom. The topological polar surface area (TPSA) is 20.2 Å². The van der Waals surface area contributed by atoms with Crippen LogP contribution in [-0.4, -0.2) is 5.11 Å². The van der Waals surface area contributed by atoms with Crippen LogP contribution in [0.25, 0.3) is 0 Å². The number of halogens is 3. The summed E-state index contributed by atoms with van der Waals surface area (Å²) < 4.78 is 37.4. The first-order chi connectivity index (χ1) is 7.97. The van der Waals surface area contributed by atoms with Crippen LogP contribution in [0.1, 0.15) is 42.9 Å². The van der Waals surface area contributed by atoms with E-state index in [0.717, 1.165) is 18.6 Å². The number of hydrogen-bond acceptors (Lipinski definition) is 1. The minimum Gasteiger partial charge on any atom is -0.388 e. The van der Waals surface area contributed by atoms with E-state index in [4.69, 9.17) is 0 Å². The second kappa shape index (κ2) is 4.69. The molecule has 17 heavy (non-hydrogen) atoms. The lowest BCUT2D eigenvalue weighted by molar-refractivity contribution is -0.137. The number of alkyl halides is 3. The van der Waals surface area contributed by atoms with Crippen LogP contribution >= 0.6 is 0 Å². The van der Waals surface area contributed by atoms with E-state index in [1.165, 1.54) is 18.9 Å². The fraction of sp³-hybridized carbons (Fsp3) is 0.538. The standard InChI is InChI=1S/C13H15F3O/c14-13(15,16)11-3-1-2-10(8-11)12(17)7-6-9-4-5-9/h1-3,8-9,12,17H,4-7H2. The molecule has 4 heteroatoms. The highest BCUT2D eigenvalue weighted by molar-refractivity contribution is 5.27. The van der Waals surface area contributed by atoms with Crippen molar-refractivity contribution in [3.8, 4) is 0 Å². The van der Waals surface area contributed by atoms with Gasteiger partial charge in [-0.1, -0.05) is 25.0 Å². The molecule has 0 bridgehead atoms. The van der Waals surface area contributed by atoms with Gasteiger partial charge >= 0.3 is 6.18 Å². The Kier molecular flexibility index (Phi) is 3.43. The van der Waals surface area contributed by atoms with Gasteiger partial charge < -0.3 is 5.11 Å². The van der Waals surface area contributed by atoms with Crippen molar-refractivity contribution in [2.24, 2.45) is 5.92 Å². The zero-order valence-corrected chi connectivity index (χ0v) is 9.37. The van der Waals surface area contributed by atoms with Gasteiger partial charge in [0.1, 0.15) is 0 Å². The molecule has 0 radical (unpaired) electrons. The van der Waals surface area contributed by atoms with Crippen LogP contribution in [0.15, 0.2) is 24.3 Å². The minimum absolute atomic E-state index is 0.362. The second-order valence-corrected chi connectivity index (χ2v) is 4.66. The van der Waals surface area contributed by atoms with Crippen LogP contribution in [0.2, 0.25) is 0 Å². The van der Waals surface area contributed by atoms with Gasteiger partial charge in [0.2, 0.25) is 0 Å². The number of rotatable bonds is 4. The first-order valence-electron chi connectivity index (χ1n) is 5.82. The summed E-state index contributed by atoms with van der Waals surface area (Å²) in [6.07, 6.45) is -1.29. The monoisotopic (exact) mass is 244 g/mol. The number of aliphatic hydroxyl groups is 1. The van der Waals surface area contributed by atoms with Crippen LogP contribution in [0, 0.1) is 5.92 Å². The molecule has 1 aromatic carbocycles. The van der Waals surface area contributed by atoms with Crippen molar-refractivity contribution < 1.29 is 18.3 Å². The van der Waals surface area contributed by atoms with Gasteiger partial charge in [0.05, 0.1) is 11.7 Å². The minimum atomic E-state index is -4.34. The summed E-state index contributed by atoms with van der Waals surface area (Å²) in [5.41, 5.74) is -0.332. The molecule has 1 aromatic rings.